The van der Waals surface area contributed by atoms with Crippen LogP contribution in [0.25, 0.3) is 109 Å². The van der Waals surface area contributed by atoms with Crippen LogP contribution in [0, 0.1) is 12.4 Å². The zero-order chi connectivity index (χ0) is 37.3. The second-order valence-electron chi connectivity index (χ2n) is 14.3. The van der Waals surface area contributed by atoms with E-state index in [9.17, 15) is 4.39 Å². The molecule has 11 rings (SSSR count). The first-order chi connectivity index (χ1) is 27.6. The standard InChI is InChI=1S/C52H30FN3/c1-54-38-25-28-49-46(31-38)45-29-35(22-27-48(45)56(49)39-9-3-2-4-10-39)32-15-17-33(18-16-32)36-21-26-44-47(30-36)55-52(34-19-23-37(53)24-20-34)51-43-14-8-6-12-41(43)40-11-5-7-13-42(40)50(44)51/h2-31H. The summed E-state index contributed by atoms with van der Waals surface area (Å²) in [7, 11) is 0. The Labute approximate surface area is 322 Å². The molecule has 0 fully saturated rings. The van der Waals surface area contributed by atoms with Gasteiger partial charge in [0.2, 0.25) is 0 Å². The highest BCUT2D eigenvalue weighted by atomic mass is 19.1. The molecule has 0 aliphatic carbocycles. The molecule has 0 spiro atoms. The monoisotopic (exact) mass is 715 g/mol. The van der Waals surface area contributed by atoms with Gasteiger partial charge in [0.25, 0.3) is 0 Å². The molecule has 0 radical (unpaired) electrons. The molecule has 2 heterocycles. The summed E-state index contributed by atoms with van der Waals surface area (Å²) in [6.45, 7) is 7.67. The number of aromatic nitrogens is 2. The van der Waals surface area contributed by atoms with Crippen LogP contribution in [0.1, 0.15) is 0 Å². The largest absolute Gasteiger partial charge is 0.309 e. The van der Waals surface area contributed by atoms with E-state index in [1.54, 1.807) is 0 Å². The highest BCUT2D eigenvalue weighted by Gasteiger charge is 2.19. The van der Waals surface area contributed by atoms with E-state index in [0.717, 1.165) is 88.1 Å². The van der Waals surface area contributed by atoms with Crippen molar-refractivity contribution in [2.45, 2.75) is 0 Å². The number of benzene rings is 9. The average Bonchev–Trinajstić information content (AvgIpc) is 3.59. The van der Waals surface area contributed by atoms with Gasteiger partial charge in [-0.05, 0) is 116 Å². The SMILES string of the molecule is [C-]#[N+]c1ccc2c(c1)c1cc(-c3ccc(-c4ccc5c(c4)nc(-c4ccc(F)cc4)c4c6ccccc6c6ccccc6c54)cc3)ccc1n2-c1ccccc1. The Balaban J connectivity index is 1.06. The van der Waals surface area contributed by atoms with E-state index in [0.29, 0.717) is 5.69 Å². The smallest absolute Gasteiger partial charge is 0.188 e. The van der Waals surface area contributed by atoms with Gasteiger partial charge >= 0.3 is 0 Å². The van der Waals surface area contributed by atoms with Crippen LogP contribution >= 0.6 is 0 Å². The second kappa shape index (κ2) is 12.5. The molecule has 2 aromatic heterocycles. The number of hydrogen-bond donors (Lipinski definition) is 0. The van der Waals surface area contributed by atoms with Gasteiger partial charge in [-0.15, -0.1) is 0 Å². The summed E-state index contributed by atoms with van der Waals surface area (Å²) in [6.07, 6.45) is 0. The van der Waals surface area contributed by atoms with E-state index in [1.807, 2.05) is 30.3 Å². The normalized spacial score (nSPS) is 11.6. The van der Waals surface area contributed by atoms with Gasteiger partial charge in [0, 0.05) is 32.8 Å². The van der Waals surface area contributed by atoms with Crippen LogP contribution in [0.15, 0.2) is 182 Å². The Morgan fingerprint density at radius 2 is 0.964 bits per heavy atom. The Morgan fingerprint density at radius 1 is 0.429 bits per heavy atom. The topological polar surface area (TPSA) is 22.2 Å². The minimum atomic E-state index is -0.270. The maximum Gasteiger partial charge on any atom is 0.188 e. The van der Waals surface area contributed by atoms with Crippen molar-refractivity contribution < 1.29 is 4.39 Å². The molecule has 0 bridgehead atoms. The van der Waals surface area contributed by atoms with E-state index in [-0.39, 0.29) is 5.82 Å². The zero-order valence-electron chi connectivity index (χ0n) is 30.0. The maximum absolute atomic E-state index is 14.2. The highest BCUT2D eigenvalue weighted by molar-refractivity contribution is 6.33. The summed E-state index contributed by atoms with van der Waals surface area (Å²) in [5, 5.41) is 10.1. The highest BCUT2D eigenvalue weighted by Crippen LogP contribution is 2.44. The number of fused-ring (bicyclic) bond motifs is 11. The molecular weight excluding hydrogens is 686 g/mol. The van der Waals surface area contributed by atoms with Crippen LogP contribution in [-0.2, 0) is 0 Å². The van der Waals surface area contributed by atoms with Crippen molar-refractivity contribution in [2.75, 3.05) is 0 Å². The van der Waals surface area contributed by atoms with Gasteiger partial charge in [0.1, 0.15) is 5.82 Å². The number of rotatable bonds is 4. The predicted octanol–water partition coefficient (Wildman–Crippen LogP) is 14.5. The lowest BCUT2D eigenvalue weighted by Crippen LogP contribution is -1.94. The van der Waals surface area contributed by atoms with E-state index < -0.39 is 0 Å². The van der Waals surface area contributed by atoms with Crippen LogP contribution in [-0.4, -0.2) is 9.55 Å². The molecule has 4 heteroatoms. The Hall–Kier alpha value is -7.61. The fraction of sp³-hybridized carbons (Fsp3) is 0. The molecule has 0 saturated heterocycles. The predicted molar refractivity (Wildman–Crippen MR) is 231 cm³/mol. The summed E-state index contributed by atoms with van der Waals surface area (Å²) in [5.74, 6) is -0.270. The fourth-order valence-electron chi connectivity index (χ4n) is 8.65. The first kappa shape index (κ1) is 31.9. The lowest BCUT2D eigenvalue weighted by Gasteiger charge is -2.17. The summed E-state index contributed by atoms with van der Waals surface area (Å²) in [5.41, 5.74) is 10.9. The van der Waals surface area contributed by atoms with Gasteiger partial charge in [-0.2, -0.15) is 0 Å². The van der Waals surface area contributed by atoms with Crippen LogP contribution < -0.4 is 0 Å². The van der Waals surface area contributed by atoms with Gasteiger partial charge in [-0.1, -0.05) is 115 Å². The average molecular weight is 716 g/mol. The van der Waals surface area contributed by atoms with Gasteiger partial charge in [-0.3, -0.25) is 0 Å². The fourth-order valence-corrected chi connectivity index (χ4v) is 8.65. The van der Waals surface area contributed by atoms with E-state index in [1.165, 1.54) is 28.3 Å². The van der Waals surface area contributed by atoms with Crippen molar-refractivity contribution in [1.82, 2.24) is 9.55 Å². The van der Waals surface area contributed by atoms with Gasteiger partial charge in [0.05, 0.1) is 28.8 Å². The van der Waals surface area contributed by atoms with Gasteiger partial charge in [0.15, 0.2) is 5.69 Å². The van der Waals surface area contributed by atoms with Crippen molar-refractivity contribution >= 4 is 70.7 Å². The van der Waals surface area contributed by atoms with Crippen LogP contribution in [0.3, 0.4) is 0 Å². The third-order valence-corrected chi connectivity index (χ3v) is 11.2. The summed E-state index contributed by atoms with van der Waals surface area (Å²) in [6, 6.07) is 62.0. The first-order valence-electron chi connectivity index (χ1n) is 18.7. The van der Waals surface area contributed by atoms with E-state index in [2.05, 4.69) is 149 Å². The summed E-state index contributed by atoms with van der Waals surface area (Å²) < 4.78 is 16.5. The Kier molecular flexibility index (Phi) is 7.10. The van der Waals surface area contributed by atoms with E-state index >= 15 is 0 Å². The molecule has 3 nitrogen and oxygen atoms in total. The number of pyridine rings is 1. The van der Waals surface area contributed by atoms with Crippen molar-refractivity contribution in [1.29, 1.82) is 0 Å². The second-order valence-corrected chi connectivity index (χ2v) is 14.3. The number of nitrogens with zero attached hydrogens (tertiary/aromatic N) is 3. The lowest BCUT2D eigenvalue weighted by molar-refractivity contribution is 0.628. The summed E-state index contributed by atoms with van der Waals surface area (Å²) in [4.78, 5) is 9.09. The molecule has 0 saturated carbocycles. The lowest BCUT2D eigenvalue weighted by atomic mass is 9.89. The zero-order valence-corrected chi connectivity index (χ0v) is 30.0. The molecular formula is C52H30FN3. The van der Waals surface area contributed by atoms with Crippen molar-refractivity contribution in [2.24, 2.45) is 0 Å². The molecule has 0 atom stereocenters. The number of halogens is 1. The molecule has 9 aromatic carbocycles. The molecule has 11 aromatic rings. The van der Waals surface area contributed by atoms with Crippen LogP contribution in [0.4, 0.5) is 10.1 Å². The molecule has 0 aliphatic heterocycles. The van der Waals surface area contributed by atoms with E-state index in [4.69, 9.17) is 11.6 Å². The molecule has 0 amide bonds. The van der Waals surface area contributed by atoms with Gasteiger partial charge in [-0.25, -0.2) is 14.2 Å². The Morgan fingerprint density at radius 3 is 1.64 bits per heavy atom. The van der Waals surface area contributed by atoms with Crippen molar-refractivity contribution in [3.8, 4) is 39.2 Å². The van der Waals surface area contributed by atoms with Crippen LogP contribution in [0.2, 0.25) is 0 Å². The molecule has 0 unspecified atom stereocenters. The minimum Gasteiger partial charge on any atom is -0.309 e. The van der Waals surface area contributed by atoms with Crippen molar-refractivity contribution in [3.05, 3.63) is 199 Å². The minimum absolute atomic E-state index is 0.270. The molecule has 56 heavy (non-hydrogen) atoms. The Bertz CT molecular complexity index is 3410. The first-order valence-corrected chi connectivity index (χ1v) is 18.7. The van der Waals surface area contributed by atoms with Crippen LogP contribution in [0.5, 0.6) is 0 Å². The molecule has 0 N–H and O–H groups in total. The third kappa shape index (κ3) is 4.92. The molecule has 260 valence electrons. The molecule has 0 aliphatic rings. The maximum atomic E-state index is 14.2. The summed E-state index contributed by atoms with van der Waals surface area (Å²) >= 11 is 0. The number of para-hydroxylation sites is 1. The number of hydrogen-bond acceptors (Lipinski definition) is 1. The van der Waals surface area contributed by atoms with Gasteiger partial charge < -0.3 is 4.57 Å². The quantitative estimate of drug-likeness (QED) is 0.131. The van der Waals surface area contributed by atoms with Crippen molar-refractivity contribution in [3.63, 3.8) is 0 Å². The third-order valence-electron chi connectivity index (χ3n) is 11.2.